The van der Waals surface area contributed by atoms with Crippen LogP contribution in [-0.4, -0.2) is 32.2 Å². The van der Waals surface area contributed by atoms with Crippen LogP contribution in [0, 0.1) is 6.92 Å². The van der Waals surface area contributed by atoms with Crippen LogP contribution in [0.15, 0.2) is 48.5 Å². The lowest BCUT2D eigenvalue weighted by molar-refractivity contribution is -0.111. The Kier molecular flexibility index (Phi) is 5.74. The largest absolute Gasteiger partial charge is 0.378 e. The molecule has 0 spiro atoms. The standard InChI is InChI=1S/C20H21ClN2O2/c1-15-6-7-16(14-17(15)21)8-9-20(24)22-18-4-2-3-5-19(18)23-10-12-25-13-11-23/h2-9,14H,10-13H2,1H3,(H,22,24). The fourth-order valence-corrected chi connectivity index (χ4v) is 2.91. The highest BCUT2D eigenvalue weighted by Gasteiger charge is 2.15. The Morgan fingerprint density at radius 3 is 2.72 bits per heavy atom. The van der Waals surface area contributed by atoms with E-state index in [0.717, 1.165) is 35.6 Å². The van der Waals surface area contributed by atoms with Crippen LogP contribution in [0.3, 0.4) is 0 Å². The fraction of sp³-hybridized carbons (Fsp3) is 0.250. The highest BCUT2D eigenvalue weighted by atomic mass is 35.5. The summed E-state index contributed by atoms with van der Waals surface area (Å²) in [6.07, 6.45) is 3.29. The van der Waals surface area contributed by atoms with Gasteiger partial charge in [-0.15, -0.1) is 0 Å². The first kappa shape index (κ1) is 17.5. The van der Waals surface area contributed by atoms with Crippen LogP contribution in [-0.2, 0) is 9.53 Å². The molecule has 130 valence electrons. The number of benzene rings is 2. The summed E-state index contributed by atoms with van der Waals surface area (Å²) in [6.45, 7) is 5.01. The molecule has 1 saturated heterocycles. The van der Waals surface area contributed by atoms with E-state index >= 15 is 0 Å². The minimum Gasteiger partial charge on any atom is -0.378 e. The maximum atomic E-state index is 12.3. The second-order valence-corrected chi connectivity index (χ2v) is 6.35. The first-order valence-electron chi connectivity index (χ1n) is 8.30. The predicted octanol–water partition coefficient (Wildman–Crippen LogP) is 4.14. The van der Waals surface area contributed by atoms with Crippen molar-refractivity contribution in [2.45, 2.75) is 6.92 Å². The highest BCUT2D eigenvalue weighted by molar-refractivity contribution is 6.31. The van der Waals surface area contributed by atoms with E-state index in [1.54, 1.807) is 6.08 Å². The Morgan fingerprint density at radius 1 is 1.20 bits per heavy atom. The quantitative estimate of drug-likeness (QED) is 0.837. The number of halogens is 1. The number of morpholine rings is 1. The Hall–Kier alpha value is -2.30. The third kappa shape index (κ3) is 4.62. The molecule has 0 radical (unpaired) electrons. The van der Waals surface area contributed by atoms with Crippen molar-refractivity contribution in [3.63, 3.8) is 0 Å². The van der Waals surface area contributed by atoms with Gasteiger partial charge in [0.05, 0.1) is 24.6 Å². The van der Waals surface area contributed by atoms with Gasteiger partial charge in [0.25, 0.3) is 0 Å². The van der Waals surface area contributed by atoms with Crippen molar-refractivity contribution in [2.75, 3.05) is 36.5 Å². The zero-order chi connectivity index (χ0) is 17.6. The van der Waals surface area contributed by atoms with Crippen LogP contribution in [0.4, 0.5) is 11.4 Å². The molecule has 3 rings (SSSR count). The lowest BCUT2D eigenvalue weighted by Gasteiger charge is -2.30. The first-order valence-corrected chi connectivity index (χ1v) is 8.68. The number of ether oxygens (including phenoxy) is 1. The zero-order valence-corrected chi connectivity index (χ0v) is 14.9. The average molecular weight is 357 g/mol. The van der Waals surface area contributed by atoms with Crippen LogP contribution >= 0.6 is 11.6 Å². The second kappa shape index (κ2) is 8.19. The van der Waals surface area contributed by atoms with Gasteiger partial charge in [-0.3, -0.25) is 4.79 Å². The third-order valence-corrected chi connectivity index (χ3v) is 4.54. The van der Waals surface area contributed by atoms with Crippen LogP contribution in [0.1, 0.15) is 11.1 Å². The number of hydrogen-bond donors (Lipinski definition) is 1. The number of aryl methyl sites for hydroxylation is 1. The molecule has 0 saturated carbocycles. The first-order chi connectivity index (χ1) is 12.1. The molecule has 4 nitrogen and oxygen atoms in total. The summed E-state index contributed by atoms with van der Waals surface area (Å²) < 4.78 is 5.40. The molecule has 0 bridgehead atoms. The van der Waals surface area contributed by atoms with Crippen molar-refractivity contribution >= 4 is 35.0 Å². The van der Waals surface area contributed by atoms with Gasteiger partial charge in [0.2, 0.25) is 5.91 Å². The van der Waals surface area contributed by atoms with Crippen molar-refractivity contribution in [3.8, 4) is 0 Å². The minimum absolute atomic E-state index is 0.169. The molecular formula is C20H21ClN2O2. The van der Waals surface area contributed by atoms with E-state index in [1.165, 1.54) is 6.08 Å². The van der Waals surface area contributed by atoms with Gasteiger partial charge in [-0.05, 0) is 42.3 Å². The number of amides is 1. The van der Waals surface area contributed by atoms with E-state index < -0.39 is 0 Å². The van der Waals surface area contributed by atoms with E-state index in [4.69, 9.17) is 16.3 Å². The lowest BCUT2D eigenvalue weighted by Crippen LogP contribution is -2.36. The number of anilines is 2. The van der Waals surface area contributed by atoms with Crippen LogP contribution in [0.2, 0.25) is 5.02 Å². The monoisotopic (exact) mass is 356 g/mol. The molecule has 5 heteroatoms. The van der Waals surface area contributed by atoms with Gasteiger partial charge in [-0.1, -0.05) is 35.9 Å². The maximum absolute atomic E-state index is 12.3. The van der Waals surface area contributed by atoms with Gasteiger partial charge in [-0.25, -0.2) is 0 Å². The van der Waals surface area contributed by atoms with Crippen molar-refractivity contribution in [3.05, 3.63) is 64.7 Å². The number of para-hydroxylation sites is 2. The maximum Gasteiger partial charge on any atom is 0.248 e. The van der Waals surface area contributed by atoms with Gasteiger partial charge in [0.1, 0.15) is 0 Å². The van der Waals surface area contributed by atoms with Gasteiger partial charge < -0.3 is 15.0 Å². The summed E-state index contributed by atoms with van der Waals surface area (Å²) >= 11 is 6.12. The Labute approximate surface area is 153 Å². The highest BCUT2D eigenvalue weighted by Crippen LogP contribution is 2.26. The number of carbonyl (C=O) groups excluding carboxylic acids is 1. The van der Waals surface area contributed by atoms with E-state index in [1.807, 2.05) is 49.4 Å². The molecule has 0 aliphatic carbocycles. The van der Waals surface area contributed by atoms with Crippen LogP contribution in [0.25, 0.3) is 6.08 Å². The normalized spacial score (nSPS) is 14.7. The molecule has 0 aromatic heterocycles. The van der Waals surface area contributed by atoms with Crippen molar-refractivity contribution in [2.24, 2.45) is 0 Å². The van der Waals surface area contributed by atoms with Crippen molar-refractivity contribution < 1.29 is 9.53 Å². The SMILES string of the molecule is Cc1ccc(C=CC(=O)Nc2ccccc2N2CCOCC2)cc1Cl. The molecular weight excluding hydrogens is 336 g/mol. The van der Waals surface area contributed by atoms with E-state index in [2.05, 4.69) is 10.2 Å². The van der Waals surface area contributed by atoms with Crippen molar-refractivity contribution in [1.29, 1.82) is 0 Å². The number of nitrogens with one attached hydrogen (secondary N) is 1. The molecule has 1 fully saturated rings. The second-order valence-electron chi connectivity index (χ2n) is 5.95. The summed E-state index contributed by atoms with van der Waals surface area (Å²) in [5, 5.41) is 3.66. The average Bonchev–Trinajstić information content (AvgIpc) is 2.64. The Balaban J connectivity index is 1.70. The molecule has 1 aliphatic heterocycles. The molecule has 1 heterocycles. The van der Waals surface area contributed by atoms with Gasteiger partial charge in [-0.2, -0.15) is 0 Å². The molecule has 0 unspecified atom stereocenters. The summed E-state index contributed by atoms with van der Waals surface area (Å²) in [4.78, 5) is 14.5. The zero-order valence-electron chi connectivity index (χ0n) is 14.2. The molecule has 2 aromatic carbocycles. The fourth-order valence-electron chi connectivity index (χ4n) is 2.72. The number of rotatable bonds is 4. The summed E-state index contributed by atoms with van der Waals surface area (Å²) in [6, 6.07) is 13.6. The third-order valence-electron chi connectivity index (χ3n) is 4.14. The van der Waals surface area contributed by atoms with Gasteiger partial charge >= 0.3 is 0 Å². The molecule has 2 aromatic rings. The molecule has 1 aliphatic rings. The number of carbonyl (C=O) groups is 1. The minimum atomic E-state index is -0.169. The van der Waals surface area contributed by atoms with Crippen LogP contribution in [0.5, 0.6) is 0 Å². The molecule has 25 heavy (non-hydrogen) atoms. The smallest absolute Gasteiger partial charge is 0.248 e. The summed E-state index contributed by atoms with van der Waals surface area (Å²) in [5.74, 6) is -0.169. The van der Waals surface area contributed by atoms with Gasteiger partial charge in [0.15, 0.2) is 0 Å². The number of nitrogens with zero attached hydrogens (tertiary/aromatic N) is 1. The van der Waals surface area contributed by atoms with E-state index in [-0.39, 0.29) is 5.91 Å². The Morgan fingerprint density at radius 2 is 1.96 bits per heavy atom. The topological polar surface area (TPSA) is 41.6 Å². The van der Waals surface area contributed by atoms with E-state index in [0.29, 0.717) is 18.2 Å². The molecule has 1 N–H and O–H groups in total. The summed E-state index contributed by atoms with van der Waals surface area (Å²) in [5.41, 5.74) is 3.74. The molecule has 1 amide bonds. The van der Waals surface area contributed by atoms with Crippen LogP contribution < -0.4 is 10.2 Å². The number of hydrogen-bond acceptors (Lipinski definition) is 3. The van der Waals surface area contributed by atoms with Gasteiger partial charge in [0, 0.05) is 24.2 Å². The Bertz CT molecular complexity index is 783. The molecule has 0 atom stereocenters. The lowest BCUT2D eigenvalue weighted by atomic mass is 10.1. The summed E-state index contributed by atoms with van der Waals surface area (Å²) in [7, 11) is 0. The predicted molar refractivity (Wildman–Crippen MR) is 103 cm³/mol. The van der Waals surface area contributed by atoms with Crippen molar-refractivity contribution in [1.82, 2.24) is 0 Å². The van der Waals surface area contributed by atoms with E-state index in [9.17, 15) is 4.79 Å².